The van der Waals surface area contributed by atoms with E-state index in [4.69, 9.17) is 4.74 Å². The van der Waals surface area contributed by atoms with Crippen molar-refractivity contribution in [2.24, 2.45) is 5.92 Å². The molecule has 27 heavy (non-hydrogen) atoms. The highest BCUT2D eigenvalue weighted by Crippen LogP contribution is 2.35. The Kier molecular flexibility index (Phi) is 5.02. The van der Waals surface area contributed by atoms with Gasteiger partial charge in [0.05, 0.1) is 18.8 Å². The zero-order valence-corrected chi connectivity index (χ0v) is 14.7. The van der Waals surface area contributed by atoms with E-state index in [0.717, 1.165) is 12.6 Å². The van der Waals surface area contributed by atoms with Crippen molar-refractivity contribution in [3.05, 3.63) is 71.0 Å². The molecule has 0 aromatic heterocycles. The number of rotatable bonds is 4. The average molecular weight is 375 g/mol. The van der Waals surface area contributed by atoms with Crippen molar-refractivity contribution in [2.75, 3.05) is 13.2 Å². The van der Waals surface area contributed by atoms with Gasteiger partial charge >= 0.3 is 0 Å². The van der Waals surface area contributed by atoms with E-state index >= 15 is 0 Å². The highest BCUT2D eigenvalue weighted by atomic mass is 19.2. The SMILES string of the molecule is O=C(c1c(F)ccc(F)c1F)C1CC2COCC(C1)N2Cc1ccccc1. The van der Waals surface area contributed by atoms with Crippen molar-refractivity contribution in [1.82, 2.24) is 4.90 Å². The molecule has 2 aromatic carbocycles. The Hall–Kier alpha value is -2.18. The number of hydrogen-bond donors (Lipinski definition) is 0. The number of benzene rings is 2. The molecule has 0 aliphatic carbocycles. The second kappa shape index (κ2) is 7.44. The monoisotopic (exact) mass is 375 g/mol. The zero-order chi connectivity index (χ0) is 19.0. The third kappa shape index (κ3) is 3.51. The lowest BCUT2D eigenvalue weighted by Crippen LogP contribution is -2.57. The third-order valence-electron chi connectivity index (χ3n) is 5.54. The van der Waals surface area contributed by atoms with Gasteiger partial charge in [-0.3, -0.25) is 9.69 Å². The van der Waals surface area contributed by atoms with Crippen molar-refractivity contribution < 1.29 is 22.7 Å². The Labute approximate surface area is 155 Å². The van der Waals surface area contributed by atoms with Crippen LogP contribution in [0.1, 0.15) is 28.8 Å². The first-order valence-corrected chi connectivity index (χ1v) is 9.09. The van der Waals surface area contributed by atoms with E-state index in [1.165, 1.54) is 5.56 Å². The molecule has 2 atom stereocenters. The Bertz CT molecular complexity index is 829. The number of carbonyl (C=O) groups is 1. The molecule has 2 bridgehead atoms. The number of piperidine rings is 1. The minimum absolute atomic E-state index is 0.00802. The minimum atomic E-state index is -1.40. The maximum Gasteiger partial charge on any atom is 0.172 e. The number of morpholine rings is 1. The van der Waals surface area contributed by atoms with E-state index in [0.29, 0.717) is 32.1 Å². The predicted octanol–water partition coefficient (Wildman–Crippen LogP) is 3.97. The molecule has 2 aliphatic heterocycles. The molecule has 2 heterocycles. The van der Waals surface area contributed by atoms with E-state index < -0.39 is 34.7 Å². The lowest BCUT2D eigenvalue weighted by molar-refractivity contribution is -0.0873. The lowest BCUT2D eigenvalue weighted by atomic mass is 9.80. The average Bonchev–Trinajstić information content (AvgIpc) is 2.65. The van der Waals surface area contributed by atoms with Gasteiger partial charge in [0.25, 0.3) is 0 Å². The molecule has 0 amide bonds. The van der Waals surface area contributed by atoms with Gasteiger partial charge in [-0.15, -0.1) is 0 Å². The molecule has 0 radical (unpaired) electrons. The summed E-state index contributed by atoms with van der Waals surface area (Å²) in [7, 11) is 0. The van der Waals surface area contributed by atoms with Crippen molar-refractivity contribution in [3.63, 3.8) is 0 Å². The highest BCUT2D eigenvalue weighted by molar-refractivity contribution is 5.98. The van der Waals surface area contributed by atoms with Crippen molar-refractivity contribution in [3.8, 4) is 0 Å². The Morgan fingerprint density at radius 2 is 1.59 bits per heavy atom. The molecule has 2 fully saturated rings. The summed E-state index contributed by atoms with van der Waals surface area (Å²) in [5.41, 5.74) is 0.414. The van der Waals surface area contributed by atoms with Gasteiger partial charge in [-0.2, -0.15) is 0 Å². The number of fused-ring (bicyclic) bond motifs is 2. The second-order valence-electron chi connectivity index (χ2n) is 7.25. The van der Waals surface area contributed by atoms with E-state index in [1.807, 2.05) is 30.3 Å². The fraction of sp³-hybridized carbons (Fsp3) is 0.381. The fourth-order valence-corrected chi connectivity index (χ4v) is 4.21. The lowest BCUT2D eigenvalue weighted by Gasteiger charge is -2.48. The van der Waals surface area contributed by atoms with E-state index in [1.54, 1.807) is 0 Å². The van der Waals surface area contributed by atoms with Gasteiger partial charge in [-0.1, -0.05) is 30.3 Å². The van der Waals surface area contributed by atoms with Gasteiger partial charge in [0.2, 0.25) is 0 Å². The Morgan fingerprint density at radius 3 is 2.26 bits per heavy atom. The van der Waals surface area contributed by atoms with Crippen LogP contribution < -0.4 is 0 Å². The van der Waals surface area contributed by atoms with Crippen LogP contribution >= 0.6 is 0 Å². The van der Waals surface area contributed by atoms with Crippen LogP contribution in [0.4, 0.5) is 13.2 Å². The van der Waals surface area contributed by atoms with Crippen molar-refractivity contribution >= 4 is 5.78 Å². The van der Waals surface area contributed by atoms with Crippen molar-refractivity contribution in [1.29, 1.82) is 0 Å². The normalized spacial score (nSPS) is 25.4. The number of ketones is 1. The van der Waals surface area contributed by atoms with Crippen LogP contribution in [0, 0.1) is 23.4 Å². The summed E-state index contributed by atoms with van der Waals surface area (Å²) in [5, 5.41) is 0. The summed E-state index contributed by atoms with van der Waals surface area (Å²) < 4.78 is 47.2. The molecule has 142 valence electrons. The molecule has 2 unspecified atom stereocenters. The summed E-state index contributed by atoms with van der Waals surface area (Å²) in [6.07, 6.45) is 0.884. The summed E-state index contributed by atoms with van der Waals surface area (Å²) >= 11 is 0. The van der Waals surface area contributed by atoms with Crippen LogP contribution in [0.15, 0.2) is 42.5 Å². The molecule has 2 saturated heterocycles. The van der Waals surface area contributed by atoms with Crippen LogP contribution in [0.25, 0.3) is 0 Å². The molecule has 6 heteroatoms. The van der Waals surface area contributed by atoms with Gasteiger partial charge in [0.1, 0.15) is 5.82 Å². The quantitative estimate of drug-likeness (QED) is 0.598. The smallest absolute Gasteiger partial charge is 0.172 e. The number of carbonyl (C=O) groups excluding carboxylic acids is 1. The molecule has 2 aromatic rings. The summed E-state index contributed by atoms with van der Waals surface area (Å²) in [4.78, 5) is 15.1. The summed E-state index contributed by atoms with van der Waals surface area (Å²) in [6, 6.07) is 11.5. The maximum absolute atomic E-state index is 14.1. The first-order chi connectivity index (χ1) is 13.0. The maximum atomic E-state index is 14.1. The zero-order valence-electron chi connectivity index (χ0n) is 14.7. The molecule has 0 N–H and O–H groups in total. The van der Waals surface area contributed by atoms with E-state index in [2.05, 4.69) is 4.90 Å². The van der Waals surface area contributed by atoms with Crippen molar-refractivity contribution in [2.45, 2.75) is 31.5 Å². The molecule has 2 aliphatic rings. The largest absolute Gasteiger partial charge is 0.378 e. The second-order valence-corrected chi connectivity index (χ2v) is 7.25. The topological polar surface area (TPSA) is 29.5 Å². The predicted molar refractivity (Wildman–Crippen MR) is 93.8 cm³/mol. The fourth-order valence-electron chi connectivity index (χ4n) is 4.21. The standard InChI is InChI=1S/C21H20F3NO2/c22-17-6-7-18(23)20(24)19(17)21(26)14-8-15-11-27-12-16(9-14)25(15)10-13-4-2-1-3-5-13/h1-7,14-16H,8-12H2. The third-order valence-corrected chi connectivity index (χ3v) is 5.54. The molecule has 0 saturated carbocycles. The van der Waals surface area contributed by atoms with Gasteiger partial charge in [0.15, 0.2) is 17.4 Å². The van der Waals surface area contributed by atoms with E-state index in [9.17, 15) is 18.0 Å². The first kappa shape index (κ1) is 18.2. The number of hydrogen-bond acceptors (Lipinski definition) is 3. The Morgan fingerprint density at radius 1 is 0.963 bits per heavy atom. The first-order valence-electron chi connectivity index (χ1n) is 9.09. The van der Waals surface area contributed by atoms with Crippen LogP contribution in [0.2, 0.25) is 0 Å². The minimum Gasteiger partial charge on any atom is -0.378 e. The van der Waals surface area contributed by atoms with Gasteiger partial charge in [0, 0.05) is 24.5 Å². The summed E-state index contributed by atoms with van der Waals surface area (Å²) in [6.45, 7) is 1.69. The van der Waals surface area contributed by atoms with Crippen LogP contribution in [0.5, 0.6) is 0 Å². The summed E-state index contributed by atoms with van der Waals surface area (Å²) in [5.74, 6) is -4.80. The number of Topliss-reactive ketones (excluding diaryl/α,β-unsaturated/α-hetero) is 1. The van der Waals surface area contributed by atoms with Gasteiger partial charge in [-0.25, -0.2) is 13.2 Å². The molecule has 4 rings (SSSR count). The number of ether oxygens (including phenoxy) is 1. The molecule has 3 nitrogen and oxygen atoms in total. The number of halogens is 3. The van der Waals surface area contributed by atoms with E-state index in [-0.39, 0.29) is 12.1 Å². The number of nitrogens with zero attached hydrogens (tertiary/aromatic N) is 1. The molecular weight excluding hydrogens is 355 g/mol. The van der Waals surface area contributed by atoms with Crippen LogP contribution in [-0.2, 0) is 11.3 Å². The van der Waals surface area contributed by atoms with Gasteiger partial charge < -0.3 is 4.74 Å². The molecular formula is C21H20F3NO2. The van der Waals surface area contributed by atoms with Crippen LogP contribution in [0.3, 0.4) is 0 Å². The highest BCUT2D eigenvalue weighted by Gasteiger charge is 2.42. The van der Waals surface area contributed by atoms with Gasteiger partial charge in [-0.05, 0) is 30.5 Å². The molecule has 0 spiro atoms. The Balaban J connectivity index is 1.55. The van der Waals surface area contributed by atoms with Crippen LogP contribution in [-0.4, -0.2) is 36.0 Å².